The van der Waals surface area contributed by atoms with Crippen LogP contribution >= 0.6 is 22.6 Å². The van der Waals surface area contributed by atoms with Crippen LogP contribution in [0.1, 0.15) is 5.69 Å². The summed E-state index contributed by atoms with van der Waals surface area (Å²) >= 11 is 1.41. The van der Waals surface area contributed by atoms with Gasteiger partial charge in [0.2, 0.25) is 5.69 Å². The predicted octanol–water partition coefficient (Wildman–Crippen LogP) is 2.96. The highest BCUT2D eigenvalue weighted by Crippen LogP contribution is 2.31. The lowest BCUT2D eigenvalue weighted by Crippen LogP contribution is -2.18. The Morgan fingerprint density at radius 1 is 1.53 bits per heavy atom. The van der Waals surface area contributed by atoms with Crippen molar-refractivity contribution in [3.05, 3.63) is 25.4 Å². The minimum atomic E-state index is -5.01. The first kappa shape index (κ1) is 13.9. The summed E-state index contributed by atoms with van der Waals surface area (Å²) in [4.78, 5) is 12.7. The number of nitro groups is 1. The average molecular weight is 366 g/mol. The molecule has 17 heavy (non-hydrogen) atoms. The molecule has 0 aromatic carbocycles. The van der Waals surface area contributed by atoms with Gasteiger partial charge in [-0.25, -0.2) is 4.39 Å². The zero-order valence-electron chi connectivity index (χ0n) is 7.79. The molecule has 0 spiro atoms. The fourth-order valence-electron chi connectivity index (χ4n) is 0.936. The number of ether oxygens (including phenoxy) is 1. The Bertz CT molecular complexity index is 451. The van der Waals surface area contributed by atoms with Crippen LogP contribution in [0, 0.1) is 13.7 Å². The Kier molecular flexibility index (Phi) is 4.06. The molecule has 1 aromatic heterocycles. The second kappa shape index (κ2) is 4.98. The van der Waals surface area contributed by atoms with Gasteiger partial charge in [-0.05, 0) is 32.5 Å². The van der Waals surface area contributed by atoms with Crippen molar-refractivity contribution in [2.24, 2.45) is 0 Å². The van der Waals surface area contributed by atoms with Crippen LogP contribution in [0.25, 0.3) is 0 Å². The third kappa shape index (κ3) is 3.64. The maximum absolute atomic E-state index is 12.4. The van der Waals surface area contributed by atoms with Gasteiger partial charge in [0.25, 0.3) is 0 Å². The predicted molar refractivity (Wildman–Crippen MR) is 55.1 cm³/mol. The molecule has 0 unspecified atom stereocenters. The van der Waals surface area contributed by atoms with E-state index < -0.39 is 35.2 Å². The molecule has 0 saturated carbocycles. The molecular weight excluding hydrogens is 363 g/mol. The topological polar surface area (TPSA) is 65.3 Å². The summed E-state index contributed by atoms with van der Waals surface area (Å²) in [6, 6.07) is 0.716. The van der Waals surface area contributed by atoms with Crippen LogP contribution < -0.4 is 4.74 Å². The van der Waals surface area contributed by atoms with Gasteiger partial charge in [-0.3, -0.25) is 0 Å². The van der Waals surface area contributed by atoms with Crippen molar-refractivity contribution in [3.8, 4) is 5.75 Å². The fraction of sp³-hybridized carbons (Fsp3) is 0.286. The largest absolute Gasteiger partial charge is 0.573 e. The Balaban J connectivity index is 3.24. The van der Waals surface area contributed by atoms with Crippen molar-refractivity contribution in [3.63, 3.8) is 0 Å². The Morgan fingerprint density at radius 3 is 2.53 bits per heavy atom. The molecule has 0 aliphatic carbocycles. The third-order valence-electron chi connectivity index (χ3n) is 1.52. The van der Waals surface area contributed by atoms with E-state index in [-0.39, 0.29) is 3.57 Å². The van der Waals surface area contributed by atoms with E-state index in [9.17, 15) is 27.7 Å². The Morgan fingerprint density at radius 2 is 2.12 bits per heavy atom. The van der Waals surface area contributed by atoms with Crippen LogP contribution in [0.5, 0.6) is 5.75 Å². The molecule has 1 heterocycles. The van der Waals surface area contributed by atoms with Crippen LogP contribution in [0.15, 0.2) is 6.07 Å². The van der Waals surface area contributed by atoms with E-state index in [4.69, 9.17) is 0 Å². The molecule has 0 atom stereocenters. The molecule has 10 heteroatoms. The summed E-state index contributed by atoms with van der Waals surface area (Å²) in [6.07, 6.45) is -5.01. The van der Waals surface area contributed by atoms with Gasteiger partial charge in [0.15, 0.2) is 12.4 Å². The first-order valence-electron chi connectivity index (χ1n) is 3.90. The van der Waals surface area contributed by atoms with Crippen molar-refractivity contribution in [1.82, 2.24) is 4.98 Å². The number of rotatable bonds is 3. The summed E-state index contributed by atoms with van der Waals surface area (Å²) in [5.74, 6) is -1.59. The van der Waals surface area contributed by atoms with Crippen LogP contribution in [-0.4, -0.2) is 16.3 Å². The van der Waals surface area contributed by atoms with Crippen molar-refractivity contribution >= 4 is 28.4 Å². The van der Waals surface area contributed by atoms with E-state index in [2.05, 4.69) is 9.72 Å². The second-order valence-electron chi connectivity index (χ2n) is 2.68. The average Bonchev–Trinajstić information content (AvgIpc) is 2.14. The highest BCUT2D eigenvalue weighted by Gasteiger charge is 2.34. The van der Waals surface area contributed by atoms with Gasteiger partial charge in [-0.1, -0.05) is 0 Å². The molecule has 0 saturated heterocycles. The lowest BCUT2D eigenvalue weighted by atomic mass is 10.3. The highest BCUT2D eigenvalue weighted by molar-refractivity contribution is 14.1. The number of aromatic nitrogens is 1. The molecule has 0 aliphatic heterocycles. The molecule has 1 rings (SSSR count). The zero-order valence-corrected chi connectivity index (χ0v) is 9.95. The number of hydrogen-bond acceptors (Lipinski definition) is 4. The highest BCUT2D eigenvalue weighted by atomic mass is 127. The smallest absolute Gasteiger partial charge is 0.401 e. The fourth-order valence-corrected chi connectivity index (χ4v) is 1.54. The zero-order chi connectivity index (χ0) is 13.2. The van der Waals surface area contributed by atoms with E-state index in [1.165, 1.54) is 22.6 Å². The second-order valence-corrected chi connectivity index (χ2v) is 3.84. The molecule has 0 amide bonds. The van der Waals surface area contributed by atoms with E-state index in [0.29, 0.717) is 6.07 Å². The first-order valence-corrected chi connectivity index (χ1v) is 4.98. The standard InChI is InChI=1S/C7H3F4IN2O3/c8-2-4-5(17-7(9,10)11)1-3(12)6(13-4)14(15)16/h1H,2H2. The van der Waals surface area contributed by atoms with Gasteiger partial charge in [0.05, 0.1) is 0 Å². The number of pyridine rings is 1. The maximum atomic E-state index is 12.4. The number of nitrogens with zero attached hydrogens (tertiary/aromatic N) is 2. The minimum absolute atomic E-state index is 0.177. The SMILES string of the molecule is O=[N+]([O-])c1nc(CF)c(OC(F)(F)F)cc1I. The number of halogens is 5. The van der Waals surface area contributed by atoms with E-state index in [1.807, 2.05) is 0 Å². The summed E-state index contributed by atoms with van der Waals surface area (Å²) in [6.45, 7) is -1.40. The molecule has 0 radical (unpaired) electrons. The van der Waals surface area contributed by atoms with E-state index in [1.54, 1.807) is 0 Å². The molecule has 0 N–H and O–H groups in total. The van der Waals surface area contributed by atoms with Crippen molar-refractivity contribution < 1.29 is 27.2 Å². The first-order chi connectivity index (χ1) is 7.74. The molecule has 0 aliphatic rings. The molecule has 0 bridgehead atoms. The van der Waals surface area contributed by atoms with Gasteiger partial charge >= 0.3 is 12.2 Å². The third-order valence-corrected chi connectivity index (χ3v) is 2.32. The van der Waals surface area contributed by atoms with Gasteiger partial charge in [0, 0.05) is 6.07 Å². The summed E-state index contributed by atoms with van der Waals surface area (Å²) in [5, 5.41) is 10.4. The van der Waals surface area contributed by atoms with Crippen molar-refractivity contribution in [1.29, 1.82) is 0 Å². The van der Waals surface area contributed by atoms with Gasteiger partial charge in [0.1, 0.15) is 3.57 Å². The summed E-state index contributed by atoms with van der Waals surface area (Å²) in [7, 11) is 0. The molecule has 1 aromatic rings. The van der Waals surface area contributed by atoms with Gasteiger partial charge in [-0.15, -0.1) is 13.2 Å². The van der Waals surface area contributed by atoms with E-state index >= 15 is 0 Å². The number of alkyl halides is 4. The summed E-state index contributed by atoms with van der Waals surface area (Å²) in [5.41, 5.74) is -0.769. The van der Waals surface area contributed by atoms with Crippen molar-refractivity contribution in [2.45, 2.75) is 13.0 Å². The number of hydrogen-bond donors (Lipinski definition) is 0. The van der Waals surface area contributed by atoms with Crippen molar-refractivity contribution in [2.75, 3.05) is 0 Å². The van der Waals surface area contributed by atoms with Crippen LogP contribution in [0.2, 0.25) is 0 Å². The lowest BCUT2D eigenvalue weighted by molar-refractivity contribution is -0.390. The molecule has 94 valence electrons. The van der Waals surface area contributed by atoms with Crippen LogP contribution in [0.4, 0.5) is 23.4 Å². The van der Waals surface area contributed by atoms with Gasteiger partial charge < -0.3 is 14.9 Å². The maximum Gasteiger partial charge on any atom is 0.573 e. The van der Waals surface area contributed by atoms with Gasteiger partial charge in [-0.2, -0.15) is 0 Å². The van der Waals surface area contributed by atoms with Crippen LogP contribution in [-0.2, 0) is 6.67 Å². The Labute approximate surface area is 105 Å². The monoisotopic (exact) mass is 366 g/mol. The van der Waals surface area contributed by atoms with E-state index in [0.717, 1.165) is 0 Å². The summed E-state index contributed by atoms with van der Waals surface area (Å²) < 4.78 is 51.6. The molecular formula is C7H3F4IN2O3. The molecule has 5 nitrogen and oxygen atoms in total. The lowest BCUT2D eigenvalue weighted by Gasteiger charge is -2.09. The molecule has 0 fully saturated rings. The normalized spacial score (nSPS) is 11.4. The van der Waals surface area contributed by atoms with Crippen LogP contribution in [0.3, 0.4) is 0 Å². The quantitative estimate of drug-likeness (QED) is 0.357. The minimum Gasteiger partial charge on any atom is -0.401 e. The Hall–Kier alpha value is -1.20.